The average molecular weight is 367 g/mol. The molecule has 0 fully saturated rings. The Bertz CT molecular complexity index is 980. The van der Waals surface area contributed by atoms with Crippen LogP contribution < -0.4 is 10.6 Å². The number of fused-ring (bicyclic) bond motifs is 1. The van der Waals surface area contributed by atoms with Crippen LogP contribution in [0, 0.1) is 16.0 Å². The summed E-state index contributed by atoms with van der Waals surface area (Å²) in [5, 5.41) is 17.3. The van der Waals surface area contributed by atoms with Gasteiger partial charge in [-0.25, -0.2) is 0 Å². The van der Waals surface area contributed by atoms with Crippen molar-refractivity contribution in [3.05, 3.63) is 64.3 Å². The zero-order valence-corrected chi connectivity index (χ0v) is 15.2. The molecule has 0 aliphatic heterocycles. The molecule has 0 saturated carbocycles. The number of hydrogen-bond acceptors (Lipinski definition) is 5. The highest BCUT2D eigenvalue weighted by atomic mass is 16.6. The highest BCUT2D eigenvalue weighted by molar-refractivity contribution is 5.90. The van der Waals surface area contributed by atoms with E-state index in [2.05, 4.69) is 15.6 Å². The zero-order chi connectivity index (χ0) is 19.4. The van der Waals surface area contributed by atoms with Crippen LogP contribution in [-0.4, -0.2) is 20.2 Å². The van der Waals surface area contributed by atoms with Crippen LogP contribution in [-0.2, 0) is 11.3 Å². The Morgan fingerprint density at radius 1 is 1.26 bits per heavy atom. The van der Waals surface area contributed by atoms with Crippen LogP contribution in [0.4, 0.5) is 17.3 Å². The van der Waals surface area contributed by atoms with Crippen molar-refractivity contribution in [3.63, 3.8) is 0 Å². The van der Waals surface area contributed by atoms with E-state index in [0.717, 1.165) is 5.56 Å². The van der Waals surface area contributed by atoms with Crippen LogP contribution in [0.1, 0.15) is 25.8 Å². The van der Waals surface area contributed by atoms with Gasteiger partial charge in [0.15, 0.2) is 0 Å². The van der Waals surface area contributed by atoms with Gasteiger partial charge in [-0.1, -0.05) is 32.0 Å². The fraction of sp³-hybridized carbons (Fsp3) is 0.263. The molecule has 8 nitrogen and oxygen atoms in total. The standard InChI is InChI=1S/C19H21N5O3/c1-13(2)10-17(25)21-15-7-5-6-14(11-15)12-20-18-19(24(26)27)23-9-4-3-8-16(23)22-18/h3-9,11,13,20H,10,12H2,1-2H3,(H,21,25). The van der Waals surface area contributed by atoms with Crippen molar-refractivity contribution >= 4 is 28.9 Å². The lowest BCUT2D eigenvalue weighted by molar-refractivity contribution is -0.389. The van der Waals surface area contributed by atoms with Gasteiger partial charge >= 0.3 is 5.82 Å². The minimum Gasteiger partial charge on any atom is -0.359 e. The maximum atomic E-state index is 11.9. The van der Waals surface area contributed by atoms with E-state index in [1.165, 1.54) is 4.40 Å². The van der Waals surface area contributed by atoms with E-state index in [1.807, 2.05) is 38.1 Å². The SMILES string of the molecule is CC(C)CC(=O)Nc1cccc(CNc2nc3ccccn3c2[N+](=O)[O-])c1. The predicted octanol–water partition coefficient (Wildman–Crippen LogP) is 3.84. The van der Waals surface area contributed by atoms with E-state index in [9.17, 15) is 14.9 Å². The lowest BCUT2D eigenvalue weighted by Gasteiger charge is -2.09. The highest BCUT2D eigenvalue weighted by Crippen LogP contribution is 2.26. The third kappa shape index (κ3) is 4.41. The molecule has 2 heterocycles. The Morgan fingerprint density at radius 2 is 2.07 bits per heavy atom. The maximum Gasteiger partial charge on any atom is 0.372 e. The van der Waals surface area contributed by atoms with Gasteiger partial charge in [0, 0.05) is 24.7 Å². The molecule has 2 aromatic heterocycles. The monoisotopic (exact) mass is 367 g/mol. The summed E-state index contributed by atoms with van der Waals surface area (Å²) in [5.74, 6) is 0.351. The molecule has 1 aromatic carbocycles. The Kier molecular flexibility index (Phi) is 5.35. The van der Waals surface area contributed by atoms with Crippen LogP contribution in [0.5, 0.6) is 0 Å². The van der Waals surface area contributed by atoms with E-state index < -0.39 is 4.92 Å². The van der Waals surface area contributed by atoms with Gasteiger partial charge < -0.3 is 20.7 Å². The number of nitro groups is 1. The lowest BCUT2D eigenvalue weighted by atomic mass is 10.1. The molecule has 0 unspecified atom stereocenters. The van der Waals surface area contributed by atoms with E-state index in [4.69, 9.17) is 0 Å². The van der Waals surface area contributed by atoms with Crippen LogP contribution >= 0.6 is 0 Å². The molecular weight excluding hydrogens is 346 g/mol. The minimum absolute atomic E-state index is 0.0360. The molecule has 3 aromatic rings. The number of amides is 1. The van der Waals surface area contributed by atoms with Crippen LogP contribution in [0.25, 0.3) is 5.65 Å². The Labute approximate surface area is 156 Å². The number of rotatable bonds is 7. The number of carbonyl (C=O) groups excluding carboxylic acids is 1. The summed E-state index contributed by atoms with van der Waals surface area (Å²) >= 11 is 0. The number of imidazole rings is 1. The molecule has 140 valence electrons. The first-order valence-corrected chi connectivity index (χ1v) is 8.68. The summed E-state index contributed by atoms with van der Waals surface area (Å²) in [7, 11) is 0. The number of nitrogens with zero attached hydrogens (tertiary/aromatic N) is 3. The molecule has 0 saturated heterocycles. The fourth-order valence-corrected chi connectivity index (χ4v) is 2.80. The summed E-state index contributed by atoms with van der Waals surface area (Å²) in [4.78, 5) is 27.2. The summed E-state index contributed by atoms with van der Waals surface area (Å²) < 4.78 is 1.44. The molecule has 1 amide bonds. The number of aromatic nitrogens is 2. The summed E-state index contributed by atoms with van der Waals surface area (Å²) in [5.41, 5.74) is 2.08. The quantitative estimate of drug-likeness (QED) is 0.488. The second-order valence-corrected chi connectivity index (χ2v) is 6.67. The van der Waals surface area contributed by atoms with Gasteiger partial charge in [0.1, 0.15) is 0 Å². The number of benzene rings is 1. The van der Waals surface area contributed by atoms with Crippen molar-refractivity contribution in [3.8, 4) is 0 Å². The fourth-order valence-electron chi connectivity index (χ4n) is 2.80. The van der Waals surface area contributed by atoms with Gasteiger partial charge in [-0.2, -0.15) is 9.38 Å². The number of carbonyl (C=O) groups is 1. The van der Waals surface area contributed by atoms with Gasteiger partial charge in [0.05, 0.1) is 6.20 Å². The summed E-state index contributed by atoms with van der Waals surface area (Å²) in [6, 6.07) is 12.6. The van der Waals surface area contributed by atoms with E-state index in [-0.39, 0.29) is 23.5 Å². The van der Waals surface area contributed by atoms with Crippen molar-refractivity contribution in [2.24, 2.45) is 5.92 Å². The van der Waals surface area contributed by atoms with E-state index >= 15 is 0 Å². The minimum atomic E-state index is -0.453. The Hall–Kier alpha value is -3.42. The number of pyridine rings is 1. The first kappa shape index (κ1) is 18.4. The summed E-state index contributed by atoms with van der Waals surface area (Å²) in [6.07, 6.45) is 2.06. The number of anilines is 2. The first-order chi connectivity index (χ1) is 12.9. The van der Waals surface area contributed by atoms with Gasteiger partial charge in [-0.15, -0.1) is 0 Å². The molecule has 0 bridgehead atoms. The van der Waals surface area contributed by atoms with Gasteiger partial charge in [0.25, 0.3) is 0 Å². The Morgan fingerprint density at radius 3 is 2.81 bits per heavy atom. The third-order valence-electron chi connectivity index (χ3n) is 3.94. The smallest absolute Gasteiger partial charge is 0.359 e. The van der Waals surface area contributed by atoms with Gasteiger partial charge in [0.2, 0.25) is 17.4 Å². The molecule has 0 atom stereocenters. The maximum absolute atomic E-state index is 11.9. The molecule has 0 aliphatic carbocycles. The first-order valence-electron chi connectivity index (χ1n) is 8.68. The second-order valence-electron chi connectivity index (χ2n) is 6.67. The van der Waals surface area contributed by atoms with Gasteiger partial charge in [-0.05, 0) is 34.6 Å². The van der Waals surface area contributed by atoms with Crippen molar-refractivity contribution in [1.82, 2.24) is 9.38 Å². The Balaban J connectivity index is 1.75. The third-order valence-corrected chi connectivity index (χ3v) is 3.94. The molecule has 27 heavy (non-hydrogen) atoms. The second kappa shape index (κ2) is 7.86. The lowest BCUT2D eigenvalue weighted by Crippen LogP contribution is -2.14. The van der Waals surface area contributed by atoms with Crippen molar-refractivity contribution in [2.45, 2.75) is 26.8 Å². The highest BCUT2D eigenvalue weighted by Gasteiger charge is 2.21. The van der Waals surface area contributed by atoms with Crippen LogP contribution in [0.3, 0.4) is 0 Å². The average Bonchev–Trinajstić information content (AvgIpc) is 2.98. The van der Waals surface area contributed by atoms with Crippen LogP contribution in [0.2, 0.25) is 0 Å². The predicted molar refractivity (Wildman–Crippen MR) is 104 cm³/mol. The van der Waals surface area contributed by atoms with Crippen molar-refractivity contribution in [1.29, 1.82) is 0 Å². The molecule has 0 spiro atoms. The van der Waals surface area contributed by atoms with Gasteiger partial charge in [-0.3, -0.25) is 4.79 Å². The summed E-state index contributed by atoms with van der Waals surface area (Å²) in [6.45, 7) is 4.32. The van der Waals surface area contributed by atoms with Crippen LogP contribution in [0.15, 0.2) is 48.7 Å². The molecular formula is C19H21N5O3. The van der Waals surface area contributed by atoms with Crippen molar-refractivity contribution in [2.75, 3.05) is 10.6 Å². The molecule has 0 aliphatic rings. The molecule has 0 radical (unpaired) electrons. The number of nitrogens with one attached hydrogen (secondary N) is 2. The number of hydrogen-bond donors (Lipinski definition) is 2. The zero-order valence-electron chi connectivity index (χ0n) is 15.2. The van der Waals surface area contributed by atoms with E-state index in [0.29, 0.717) is 24.3 Å². The normalized spacial score (nSPS) is 10.9. The van der Waals surface area contributed by atoms with Crippen molar-refractivity contribution < 1.29 is 9.72 Å². The molecule has 3 rings (SSSR count). The molecule has 2 N–H and O–H groups in total. The van der Waals surface area contributed by atoms with E-state index in [1.54, 1.807) is 24.4 Å². The topological polar surface area (TPSA) is 102 Å². The largest absolute Gasteiger partial charge is 0.372 e. The molecule has 8 heteroatoms.